The van der Waals surface area contributed by atoms with Gasteiger partial charge in [0, 0.05) is 12.0 Å². The van der Waals surface area contributed by atoms with Crippen molar-refractivity contribution in [3.8, 4) is 5.75 Å². The van der Waals surface area contributed by atoms with Gasteiger partial charge in [-0.1, -0.05) is 44.4 Å². The van der Waals surface area contributed by atoms with Crippen molar-refractivity contribution in [1.29, 1.82) is 0 Å². The van der Waals surface area contributed by atoms with E-state index in [1.54, 1.807) is 0 Å². The molecule has 19 heavy (non-hydrogen) atoms. The first kappa shape index (κ1) is 14.4. The van der Waals surface area contributed by atoms with Crippen molar-refractivity contribution in [3.05, 3.63) is 29.8 Å². The molecule has 2 heteroatoms. The number of hydrogen-bond donors (Lipinski definition) is 1. The van der Waals surface area contributed by atoms with E-state index in [-0.39, 0.29) is 0 Å². The Morgan fingerprint density at radius 3 is 2.74 bits per heavy atom. The molecule has 2 unspecified atom stereocenters. The van der Waals surface area contributed by atoms with Crippen LogP contribution in [0.3, 0.4) is 0 Å². The van der Waals surface area contributed by atoms with Gasteiger partial charge in [-0.15, -0.1) is 0 Å². The van der Waals surface area contributed by atoms with E-state index >= 15 is 0 Å². The molecule has 0 aromatic heterocycles. The van der Waals surface area contributed by atoms with Crippen LogP contribution in [-0.2, 0) is 0 Å². The summed E-state index contributed by atoms with van der Waals surface area (Å²) in [7, 11) is 2.10. The summed E-state index contributed by atoms with van der Waals surface area (Å²) >= 11 is 0. The number of para-hydroxylation sites is 1. The molecule has 2 nitrogen and oxygen atoms in total. The Bertz CT molecular complexity index is 377. The third-order valence-corrected chi connectivity index (χ3v) is 4.17. The molecule has 1 fully saturated rings. The van der Waals surface area contributed by atoms with Gasteiger partial charge < -0.3 is 10.1 Å². The van der Waals surface area contributed by atoms with Crippen LogP contribution < -0.4 is 10.1 Å². The highest BCUT2D eigenvalue weighted by molar-refractivity contribution is 5.37. The summed E-state index contributed by atoms with van der Waals surface area (Å²) in [6.45, 7) is 2.97. The number of likely N-dealkylation sites (N-methyl/N-ethyl adjacent to an activating group) is 1. The van der Waals surface area contributed by atoms with Crippen LogP contribution in [-0.4, -0.2) is 19.7 Å². The molecule has 0 aliphatic heterocycles. The minimum absolute atomic E-state index is 0.592. The second-order valence-corrected chi connectivity index (χ2v) is 5.53. The van der Waals surface area contributed by atoms with Crippen molar-refractivity contribution < 1.29 is 4.74 Å². The number of nitrogens with one attached hydrogen (secondary N) is 1. The Balaban J connectivity index is 2.21. The predicted octanol–water partition coefficient (Wildman–Crippen LogP) is 4.11. The molecule has 0 spiro atoms. The molecular formula is C17H27NO. The summed E-state index contributed by atoms with van der Waals surface area (Å²) in [6.07, 6.45) is 7.67. The lowest BCUT2D eigenvalue weighted by molar-refractivity contribution is 0.307. The maximum Gasteiger partial charge on any atom is 0.122 e. The van der Waals surface area contributed by atoms with Crippen LogP contribution in [0.15, 0.2) is 24.3 Å². The van der Waals surface area contributed by atoms with E-state index in [9.17, 15) is 0 Å². The third-order valence-electron chi connectivity index (χ3n) is 4.17. The molecule has 2 atom stereocenters. The van der Waals surface area contributed by atoms with Crippen molar-refractivity contribution in [2.45, 2.75) is 57.4 Å². The zero-order valence-electron chi connectivity index (χ0n) is 12.3. The fourth-order valence-electron chi connectivity index (χ4n) is 3.16. The summed E-state index contributed by atoms with van der Waals surface area (Å²) < 4.78 is 5.95. The average Bonchev–Trinajstić information content (AvgIpc) is 2.70. The number of hydrogen-bond acceptors (Lipinski definition) is 2. The molecule has 1 aliphatic carbocycles. The molecule has 1 aromatic rings. The molecule has 1 aromatic carbocycles. The Kier molecular flexibility index (Phi) is 5.71. The van der Waals surface area contributed by atoms with Crippen LogP contribution in [0.25, 0.3) is 0 Å². The topological polar surface area (TPSA) is 21.3 Å². The number of rotatable bonds is 5. The first-order valence-corrected chi connectivity index (χ1v) is 7.75. The van der Waals surface area contributed by atoms with Crippen molar-refractivity contribution in [2.24, 2.45) is 0 Å². The maximum atomic E-state index is 5.95. The SMILES string of the molecule is CCCOc1ccccc1C1CCCCCC1NC. The molecule has 1 saturated carbocycles. The van der Waals surface area contributed by atoms with Crippen molar-refractivity contribution in [3.63, 3.8) is 0 Å². The minimum atomic E-state index is 0.592. The fourth-order valence-corrected chi connectivity index (χ4v) is 3.16. The van der Waals surface area contributed by atoms with Crippen LogP contribution in [0, 0.1) is 0 Å². The Morgan fingerprint density at radius 2 is 1.95 bits per heavy atom. The van der Waals surface area contributed by atoms with Gasteiger partial charge in [0.1, 0.15) is 5.75 Å². The highest BCUT2D eigenvalue weighted by Crippen LogP contribution is 2.36. The van der Waals surface area contributed by atoms with Crippen LogP contribution in [0.1, 0.15) is 56.9 Å². The van der Waals surface area contributed by atoms with Crippen molar-refractivity contribution in [1.82, 2.24) is 5.32 Å². The summed E-state index contributed by atoms with van der Waals surface area (Å²) in [5.74, 6) is 1.69. The third kappa shape index (κ3) is 3.73. The zero-order valence-corrected chi connectivity index (χ0v) is 12.3. The Hall–Kier alpha value is -1.02. The number of ether oxygens (including phenoxy) is 1. The zero-order chi connectivity index (χ0) is 13.5. The van der Waals surface area contributed by atoms with Gasteiger partial charge >= 0.3 is 0 Å². The minimum Gasteiger partial charge on any atom is -0.493 e. The van der Waals surface area contributed by atoms with Gasteiger partial charge in [0.05, 0.1) is 6.61 Å². The lowest BCUT2D eigenvalue weighted by Crippen LogP contribution is -2.31. The molecule has 1 N–H and O–H groups in total. The first-order chi connectivity index (χ1) is 9.36. The summed E-state index contributed by atoms with van der Waals surface area (Å²) in [4.78, 5) is 0. The van der Waals surface area contributed by atoms with Crippen LogP contribution in [0.4, 0.5) is 0 Å². The highest BCUT2D eigenvalue weighted by Gasteiger charge is 2.26. The van der Waals surface area contributed by atoms with E-state index in [4.69, 9.17) is 4.74 Å². The van der Waals surface area contributed by atoms with Gasteiger partial charge in [0.15, 0.2) is 0 Å². The van der Waals surface area contributed by atoms with Crippen LogP contribution >= 0.6 is 0 Å². The van der Waals surface area contributed by atoms with Gasteiger partial charge in [0.25, 0.3) is 0 Å². The maximum absolute atomic E-state index is 5.95. The molecule has 0 heterocycles. The van der Waals surface area contributed by atoms with E-state index in [1.807, 2.05) is 0 Å². The smallest absolute Gasteiger partial charge is 0.122 e. The molecule has 0 saturated heterocycles. The summed E-state index contributed by atoms with van der Waals surface area (Å²) in [5, 5.41) is 3.52. The monoisotopic (exact) mass is 261 g/mol. The largest absolute Gasteiger partial charge is 0.493 e. The molecule has 0 amide bonds. The van der Waals surface area contributed by atoms with E-state index in [1.165, 1.54) is 37.7 Å². The normalized spacial score (nSPS) is 23.9. The van der Waals surface area contributed by atoms with Crippen molar-refractivity contribution >= 4 is 0 Å². The lowest BCUT2D eigenvalue weighted by atomic mass is 9.87. The highest BCUT2D eigenvalue weighted by atomic mass is 16.5. The van der Waals surface area contributed by atoms with Gasteiger partial charge in [0.2, 0.25) is 0 Å². The second-order valence-electron chi connectivity index (χ2n) is 5.53. The molecule has 106 valence electrons. The Labute approximate surface area is 117 Å². The quantitative estimate of drug-likeness (QED) is 0.805. The second kappa shape index (κ2) is 7.54. The predicted molar refractivity (Wildman–Crippen MR) is 80.9 cm³/mol. The molecule has 0 bridgehead atoms. The number of benzene rings is 1. The first-order valence-electron chi connectivity index (χ1n) is 7.75. The van der Waals surface area contributed by atoms with Crippen LogP contribution in [0.2, 0.25) is 0 Å². The molecular weight excluding hydrogens is 234 g/mol. The van der Waals surface area contributed by atoms with E-state index in [2.05, 4.69) is 43.6 Å². The lowest BCUT2D eigenvalue weighted by Gasteiger charge is -2.27. The molecule has 1 aliphatic rings. The summed E-state index contributed by atoms with van der Waals surface area (Å²) in [6, 6.07) is 9.20. The van der Waals surface area contributed by atoms with Gasteiger partial charge in [-0.25, -0.2) is 0 Å². The van der Waals surface area contributed by atoms with Crippen LogP contribution in [0.5, 0.6) is 5.75 Å². The standard InChI is InChI=1S/C17H27NO/c1-3-13-19-17-12-8-7-10-15(17)14-9-5-4-6-11-16(14)18-2/h7-8,10,12,14,16,18H,3-6,9,11,13H2,1-2H3. The van der Waals surface area contributed by atoms with E-state index < -0.39 is 0 Å². The Morgan fingerprint density at radius 1 is 1.16 bits per heavy atom. The van der Waals surface area contributed by atoms with E-state index in [0.29, 0.717) is 12.0 Å². The summed E-state index contributed by atoms with van der Waals surface area (Å²) in [5.41, 5.74) is 1.40. The van der Waals surface area contributed by atoms with Crippen molar-refractivity contribution in [2.75, 3.05) is 13.7 Å². The molecule has 0 radical (unpaired) electrons. The average molecular weight is 261 g/mol. The fraction of sp³-hybridized carbons (Fsp3) is 0.647. The van der Waals surface area contributed by atoms with E-state index in [0.717, 1.165) is 18.8 Å². The molecule has 2 rings (SSSR count). The van der Waals surface area contributed by atoms with Gasteiger partial charge in [-0.05, 0) is 37.9 Å². The van der Waals surface area contributed by atoms with Gasteiger partial charge in [-0.2, -0.15) is 0 Å². The van der Waals surface area contributed by atoms with Gasteiger partial charge in [-0.3, -0.25) is 0 Å².